The van der Waals surface area contributed by atoms with Gasteiger partial charge in [-0.25, -0.2) is 4.57 Å². The standard InChI is InChI=1S/C54H105N2O6P/c1-6-8-10-12-14-16-18-20-22-24-25-26-27-28-29-30-31-32-34-36-38-40-42-44-46-48-54(58)55-52(51-62-63(59,60)61-50-49-56(3,4)5)53(57)47-45-43-41-39-37-35-33-23-21-19-17-15-13-11-9-7-2/h24-25,37,39,45,47,52-53,57H,6-23,26-36,38,40-44,46,48-51H2,1-5H3,(H-,55,58,59,60)/p+1/b25-24-,39-37+,47-45+. The van der Waals surface area contributed by atoms with Gasteiger partial charge in [0.05, 0.1) is 39.9 Å². The Morgan fingerprint density at radius 1 is 0.524 bits per heavy atom. The number of likely N-dealkylation sites (N-methyl/N-ethyl adjacent to an activating group) is 1. The molecule has 0 aliphatic carbocycles. The van der Waals surface area contributed by atoms with E-state index in [-0.39, 0.29) is 19.1 Å². The van der Waals surface area contributed by atoms with Gasteiger partial charge in [-0.2, -0.15) is 0 Å². The number of hydrogen-bond acceptors (Lipinski definition) is 5. The van der Waals surface area contributed by atoms with Crippen molar-refractivity contribution >= 4 is 13.7 Å². The van der Waals surface area contributed by atoms with Crippen LogP contribution in [0.3, 0.4) is 0 Å². The Kier molecular flexibility index (Phi) is 44.9. The molecule has 0 aromatic carbocycles. The lowest BCUT2D eigenvalue weighted by molar-refractivity contribution is -0.870. The van der Waals surface area contributed by atoms with E-state index in [1.54, 1.807) is 6.08 Å². The van der Waals surface area contributed by atoms with Crippen molar-refractivity contribution in [1.29, 1.82) is 0 Å². The molecule has 0 radical (unpaired) electrons. The second-order valence-electron chi connectivity index (χ2n) is 19.6. The van der Waals surface area contributed by atoms with E-state index >= 15 is 0 Å². The summed E-state index contributed by atoms with van der Waals surface area (Å²) in [6.07, 6.45) is 58.1. The van der Waals surface area contributed by atoms with Crippen LogP contribution in [0.5, 0.6) is 0 Å². The molecule has 0 spiro atoms. The maximum absolute atomic E-state index is 12.9. The first-order chi connectivity index (χ1) is 30.5. The van der Waals surface area contributed by atoms with E-state index in [1.807, 2.05) is 27.2 Å². The number of carbonyl (C=O) groups is 1. The fourth-order valence-corrected chi connectivity index (χ4v) is 8.55. The summed E-state index contributed by atoms with van der Waals surface area (Å²) < 4.78 is 23.6. The quantitative estimate of drug-likeness (QED) is 0.0243. The van der Waals surface area contributed by atoms with E-state index in [0.29, 0.717) is 17.4 Å². The topological polar surface area (TPSA) is 105 Å². The molecule has 0 bridgehead atoms. The molecule has 9 heteroatoms. The highest BCUT2D eigenvalue weighted by Gasteiger charge is 2.27. The number of unbranched alkanes of at least 4 members (excludes halogenated alkanes) is 32. The van der Waals surface area contributed by atoms with E-state index < -0.39 is 20.0 Å². The zero-order valence-electron chi connectivity index (χ0n) is 42.3. The molecule has 3 unspecified atom stereocenters. The van der Waals surface area contributed by atoms with Crippen LogP contribution in [-0.2, 0) is 18.4 Å². The van der Waals surface area contributed by atoms with E-state index in [4.69, 9.17) is 9.05 Å². The summed E-state index contributed by atoms with van der Waals surface area (Å²) in [5.41, 5.74) is 0. The van der Waals surface area contributed by atoms with Gasteiger partial charge >= 0.3 is 7.82 Å². The zero-order valence-corrected chi connectivity index (χ0v) is 43.2. The molecule has 0 aromatic rings. The minimum absolute atomic E-state index is 0.0569. The summed E-state index contributed by atoms with van der Waals surface area (Å²) in [5, 5.41) is 13.9. The number of nitrogens with zero attached hydrogens (tertiary/aromatic N) is 1. The molecule has 0 rings (SSSR count). The third kappa shape index (κ3) is 48.5. The zero-order chi connectivity index (χ0) is 46.4. The summed E-state index contributed by atoms with van der Waals surface area (Å²) in [6.45, 7) is 4.81. The highest BCUT2D eigenvalue weighted by Crippen LogP contribution is 2.43. The molecule has 372 valence electrons. The van der Waals surface area contributed by atoms with Crippen molar-refractivity contribution in [2.75, 3.05) is 40.9 Å². The summed E-state index contributed by atoms with van der Waals surface area (Å²) in [6, 6.07) is -0.862. The first-order valence-corrected chi connectivity index (χ1v) is 28.4. The molecule has 8 nitrogen and oxygen atoms in total. The molecule has 0 fully saturated rings. The van der Waals surface area contributed by atoms with Gasteiger partial charge in [-0.1, -0.05) is 224 Å². The minimum atomic E-state index is -4.35. The molecule has 0 aliphatic rings. The van der Waals surface area contributed by atoms with Crippen LogP contribution in [0.1, 0.15) is 251 Å². The number of carbonyl (C=O) groups excluding carboxylic acids is 1. The normalized spacial score (nSPS) is 14.3. The average molecular weight is 910 g/mol. The molecule has 0 saturated heterocycles. The summed E-state index contributed by atoms with van der Waals surface area (Å²) in [5.74, 6) is -0.185. The molecule has 0 heterocycles. The summed E-state index contributed by atoms with van der Waals surface area (Å²) >= 11 is 0. The monoisotopic (exact) mass is 910 g/mol. The Morgan fingerprint density at radius 3 is 1.27 bits per heavy atom. The fraction of sp³-hybridized carbons (Fsp3) is 0.870. The lowest BCUT2D eigenvalue weighted by Gasteiger charge is -2.25. The first-order valence-electron chi connectivity index (χ1n) is 26.9. The average Bonchev–Trinajstić information content (AvgIpc) is 3.24. The number of aliphatic hydroxyl groups is 1. The molecule has 3 atom stereocenters. The van der Waals surface area contributed by atoms with Gasteiger partial charge in [0.15, 0.2) is 0 Å². The van der Waals surface area contributed by atoms with Crippen molar-refractivity contribution in [3.8, 4) is 0 Å². The van der Waals surface area contributed by atoms with Crippen molar-refractivity contribution in [2.45, 2.75) is 264 Å². The number of aliphatic hydroxyl groups excluding tert-OH is 1. The van der Waals surface area contributed by atoms with E-state index in [0.717, 1.165) is 38.5 Å². The number of phosphoric acid groups is 1. The fourth-order valence-electron chi connectivity index (χ4n) is 7.82. The summed E-state index contributed by atoms with van der Waals surface area (Å²) in [7, 11) is 1.56. The Bertz CT molecular complexity index is 1120. The van der Waals surface area contributed by atoms with Crippen LogP contribution in [0.15, 0.2) is 36.5 Å². The van der Waals surface area contributed by atoms with Crippen LogP contribution >= 0.6 is 7.82 Å². The van der Waals surface area contributed by atoms with Crippen molar-refractivity contribution in [3.63, 3.8) is 0 Å². The Labute approximate surface area is 391 Å². The molecule has 0 aromatic heterocycles. The number of amides is 1. The largest absolute Gasteiger partial charge is 0.472 e. The minimum Gasteiger partial charge on any atom is -0.387 e. The van der Waals surface area contributed by atoms with Crippen molar-refractivity contribution in [3.05, 3.63) is 36.5 Å². The lowest BCUT2D eigenvalue weighted by atomic mass is 10.0. The number of nitrogens with one attached hydrogen (secondary N) is 1. The van der Waals surface area contributed by atoms with Gasteiger partial charge in [0.1, 0.15) is 13.2 Å². The predicted octanol–water partition coefficient (Wildman–Crippen LogP) is 15.8. The van der Waals surface area contributed by atoms with Crippen molar-refractivity contribution < 1.29 is 32.9 Å². The third-order valence-corrected chi connectivity index (χ3v) is 13.1. The second kappa shape index (κ2) is 45.9. The van der Waals surface area contributed by atoms with Gasteiger partial charge in [-0.15, -0.1) is 0 Å². The van der Waals surface area contributed by atoms with Crippen LogP contribution in [0, 0.1) is 0 Å². The van der Waals surface area contributed by atoms with Gasteiger partial charge in [-0.05, 0) is 57.8 Å². The number of quaternary nitrogens is 1. The molecular formula is C54H106N2O6P+. The van der Waals surface area contributed by atoms with E-state index in [1.165, 1.54) is 193 Å². The molecule has 3 N–H and O–H groups in total. The van der Waals surface area contributed by atoms with Crippen LogP contribution < -0.4 is 5.32 Å². The van der Waals surface area contributed by atoms with Crippen LogP contribution in [0.2, 0.25) is 0 Å². The number of allylic oxidation sites excluding steroid dienone is 5. The Balaban J connectivity index is 4.24. The van der Waals surface area contributed by atoms with E-state index in [2.05, 4.69) is 43.5 Å². The molecule has 63 heavy (non-hydrogen) atoms. The molecule has 0 saturated carbocycles. The second-order valence-corrected chi connectivity index (χ2v) is 21.0. The van der Waals surface area contributed by atoms with Gasteiger partial charge in [0.2, 0.25) is 5.91 Å². The lowest BCUT2D eigenvalue weighted by Crippen LogP contribution is -2.45. The van der Waals surface area contributed by atoms with Crippen LogP contribution in [-0.4, -0.2) is 73.4 Å². The number of hydrogen-bond donors (Lipinski definition) is 3. The maximum Gasteiger partial charge on any atom is 0.472 e. The number of phosphoric ester groups is 1. The van der Waals surface area contributed by atoms with Crippen LogP contribution in [0.25, 0.3) is 0 Å². The molecule has 0 aliphatic heterocycles. The van der Waals surface area contributed by atoms with Gasteiger partial charge in [0, 0.05) is 6.42 Å². The highest BCUT2D eigenvalue weighted by atomic mass is 31.2. The van der Waals surface area contributed by atoms with E-state index in [9.17, 15) is 19.4 Å². The smallest absolute Gasteiger partial charge is 0.387 e. The first kappa shape index (κ1) is 61.7. The van der Waals surface area contributed by atoms with Crippen molar-refractivity contribution in [1.82, 2.24) is 5.32 Å². The van der Waals surface area contributed by atoms with Crippen molar-refractivity contribution in [2.24, 2.45) is 0 Å². The maximum atomic E-state index is 12.9. The predicted molar refractivity (Wildman–Crippen MR) is 272 cm³/mol. The van der Waals surface area contributed by atoms with Crippen LogP contribution in [0.4, 0.5) is 0 Å². The summed E-state index contributed by atoms with van der Waals surface area (Å²) in [4.78, 5) is 23.2. The molecular weight excluding hydrogens is 804 g/mol. The van der Waals surface area contributed by atoms with Gasteiger partial charge < -0.3 is 19.8 Å². The molecule has 1 amide bonds. The number of rotatable bonds is 49. The van der Waals surface area contributed by atoms with Gasteiger partial charge in [0.25, 0.3) is 0 Å². The SMILES string of the molecule is CCCCCCCCCC/C=C\CCCCCCCCCCCCCCCC(=O)NC(COP(=O)(O)OCC[N+](C)(C)C)C(O)/C=C/CC/C=C/CCCCCCCCCCCC. The Morgan fingerprint density at radius 2 is 0.873 bits per heavy atom. The van der Waals surface area contributed by atoms with Gasteiger partial charge in [-0.3, -0.25) is 13.8 Å². The third-order valence-electron chi connectivity index (χ3n) is 12.1. The highest BCUT2D eigenvalue weighted by molar-refractivity contribution is 7.47. The Hall–Kier alpha value is -1.28.